The maximum atomic E-state index is 11.3. The molecule has 0 radical (unpaired) electrons. The fourth-order valence-corrected chi connectivity index (χ4v) is 1.52. The van der Waals surface area contributed by atoms with Gasteiger partial charge in [0.05, 0.1) is 6.61 Å². The Morgan fingerprint density at radius 3 is 2.82 bits per heavy atom. The van der Waals surface area contributed by atoms with Crippen LogP contribution < -0.4 is 5.32 Å². The van der Waals surface area contributed by atoms with Crippen LogP contribution in [-0.4, -0.2) is 19.1 Å². The Hall–Kier alpha value is -1.29. The molecule has 0 amide bonds. The van der Waals surface area contributed by atoms with Crippen molar-refractivity contribution in [2.24, 2.45) is 0 Å². The summed E-state index contributed by atoms with van der Waals surface area (Å²) in [5.41, 5.74) is 2.51. The van der Waals surface area contributed by atoms with Crippen LogP contribution in [0.25, 0.3) is 0 Å². The molecule has 0 spiro atoms. The highest BCUT2D eigenvalue weighted by molar-refractivity contribution is 9.10. The smallest absolute Gasteiger partial charge is 0.335 e. The number of benzene rings is 1. The second kappa shape index (κ2) is 6.45. The van der Waals surface area contributed by atoms with Gasteiger partial charge in [0.2, 0.25) is 0 Å². The minimum absolute atomic E-state index is 0.353. The zero-order chi connectivity index (χ0) is 12.8. The Kier molecular flexibility index (Phi) is 5.22. The maximum Gasteiger partial charge on any atom is 0.335 e. The molecule has 0 aromatic heterocycles. The second-order valence-corrected chi connectivity index (χ2v) is 4.50. The van der Waals surface area contributed by atoms with E-state index in [0.29, 0.717) is 18.7 Å². The lowest BCUT2D eigenvalue weighted by atomic mass is 10.2. The quantitative estimate of drug-likeness (QED) is 0.669. The van der Waals surface area contributed by atoms with E-state index in [-0.39, 0.29) is 5.97 Å². The Morgan fingerprint density at radius 1 is 1.53 bits per heavy atom. The van der Waals surface area contributed by atoms with Gasteiger partial charge in [0, 0.05) is 22.3 Å². The third kappa shape index (κ3) is 4.23. The predicted octanol–water partition coefficient (Wildman–Crippen LogP) is 3.29. The molecule has 0 saturated carbocycles. The number of esters is 1. The number of carbonyl (C=O) groups is 1. The van der Waals surface area contributed by atoms with E-state index in [1.807, 2.05) is 25.1 Å². The topological polar surface area (TPSA) is 38.3 Å². The molecule has 0 saturated heterocycles. The van der Waals surface area contributed by atoms with Gasteiger partial charge < -0.3 is 10.1 Å². The van der Waals surface area contributed by atoms with Crippen LogP contribution in [0.4, 0.5) is 5.69 Å². The van der Waals surface area contributed by atoms with E-state index in [9.17, 15) is 4.79 Å². The Balaban J connectivity index is 2.53. The van der Waals surface area contributed by atoms with Crippen molar-refractivity contribution in [1.82, 2.24) is 0 Å². The van der Waals surface area contributed by atoms with E-state index in [0.717, 1.165) is 15.7 Å². The minimum Gasteiger partial charge on any atom is -0.463 e. The van der Waals surface area contributed by atoms with Gasteiger partial charge in [-0.2, -0.15) is 0 Å². The zero-order valence-corrected chi connectivity index (χ0v) is 11.6. The summed E-state index contributed by atoms with van der Waals surface area (Å²) in [6.07, 6.45) is 0. The van der Waals surface area contributed by atoms with E-state index in [1.54, 1.807) is 6.92 Å². The average Bonchev–Trinajstić information content (AvgIpc) is 2.30. The molecule has 0 aliphatic carbocycles. The van der Waals surface area contributed by atoms with Crippen molar-refractivity contribution in [2.75, 3.05) is 18.5 Å². The Labute approximate surface area is 110 Å². The fourth-order valence-electron chi connectivity index (χ4n) is 1.27. The molecule has 1 aromatic carbocycles. The molecule has 0 aliphatic heterocycles. The van der Waals surface area contributed by atoms with Crippen LogP contribution in [0.15, 0.2) is 34.8 Å². The first-order chi connectivity index (χ1) is 8.04. The van der Waals surface area contributed by atoms with Crippen molar-refractivity contribution in [3.8, 4) is 0 Å². The number of rotatable bonds is 5. The molecule has 1 rings (SSSR count). The lowest BCUT2D eigenvalue weighted by Gasteiger charge is -2.09. The first kappa shape index (κ1) is 13.8. The Bertz CT molecular complexity index is 429. The SMILES string of the molecule is C=C(CNc1ccc(Br)c(C)c1)C(=O)OCC. The highest BCUT2D eigenvalue weighted by Gasteiger charge is 2.07. The van der Waals surface area contributed by atoms with Crippen molar-refractivity contribution >= 4 is 27.6 Å². The van der Waals surface area contributed by atoms with Crippen LogP contribution in [0, 0.1) is 6.92 Å². The van der Waals surface area contributed by atoms with Gasteiger partial charge in [0.1, 0.15) is 0 Å². The monoisotopic (exact) mass is 297 g/mol. The molecule has 0 atom stereocenters. The van der Waals surface area contributed by atoms with Crippen LogP contribution >= 0.6 is 15.9 Å². The third-order valence-electron chi connectivity index (χ3n) is 2.23. The number of ether oxygens (including phenoxy) is 1. The number of nitrogens with one attached hydrogen (secondary N) is 1. The number of carbonyl (C=O) groups excluding carboxylic acids is 1. The first-order valence-corrected chi connectivity index (χ1v) is 6.18. The van der Waals surface area contributed by atoms with Gasteiger partial charge in [-0.05, 0) is 37.6 Å². The summed E-state index contributed by atoms with van der Waals surface area (Å²) in [6, 6.07) is 5.91. The van der Waals surface area contributed by atoms with E-state index in [2.05, 4.69) is 27.8 Å². The number of hydrogen-bond acceptors (Lipinski definition) is 3. The number of aryl methyl sites for hydroxylation is 1. The van der Waals surface area contributed by atoms with E-state index < -0.39 is 0 Å². The van der Waals surface area contributed by atoms with Gasteiger partial charge in [0.25, 0.3) is 0 Å². The van der Waals surface area contributed by atoms with Crippen molar-refractivity contribution in [3.05, 3.63) is 40.4 Å². The van der Waals surface area contributed by atoms with Crippen molar-refractivity contribution in [2.45, 2.75) is 13.8 Å². The molecule has 4 heteroatoms. The van der Waals surface area contributed by atoms with E-state index >= 15 is 0 Å². The maximum absolute atomic E-state index is 11.3. The van der Waals surface area contributed by atoms with Crippen LogP contribution in [-0.2, 0) is 9.53 Å². The van der Waals surface area contributed by atoms with Crippen LogP contribution in [0.5, 0.6) is 0 Å². The lowest BCUT2D eigenvalue weighted by molar-refractivity contribution is -0.138. The van der Waals surface area contributed by atoms with Crippen LogP contribution in [0.2, 0.25) is 0 Å². The number of anilines is 1. The summed E-state index contributed by atoms with van der Waals surface area (Å²) in [7, 11) is 0. The number of hydrogen-bond donors (Lipinski definition) is 1. The summed E-state index contributed by atoms with van der Waals surface area (Å²) in [5.74, 6) is -0.353. The minimum atomic E-state index is -0.353. The molecule has 0 fully saturated rings. The van der Waals surface area contributed by atoms with Gasteiger partial charge in [-0.3, -0.25) is 0 Å². The highest BCUT2D eigenvalue weighted by atomic mass is 79.9. The largest absolute Gasteiger partial charge is 0.463 e. The van der Waals surface area contributed by atoms with Crippen molar-refractivity contribution < 1.29 is 9.53 Å². The van der Waals surface area contributed by atoms with Gasteiger partial charge in [0.15, 0.2) is 0 Å². The molecule has 92 valence electrons. The van der Waals surface area contributed by atoms with E-state index in [4.69, 9.17) is 4.74 Å². The molecular weight excluding hydrogens is 282 g/mol. The summed E-state index contributed by atoms with van der Waals surface area (Å²) in [4.78, 5) is 11.3. The van der Waals surface area contributed by atoms with Gasteiger partial charge in [-0.1, -0.05) is 22.5 Å². The molecule has 1 N–H and O–H groups in total. The fraction of sp³-hybridized carbons (Fsp3) is 0.308. The highest BCUT2D eigenvalue weighted by Crippen LogP contribution is 2.20. The predicted molar refractivity (Wildman–Crippen MR) is 73.1 cm³/mol. The van der Waals surface area contributed by atoms with Crippen molar-refractivity contribution in [3.63, 3.8) is 0 Å². The van der Waals surface area contributed by atoms with Gasteiger partial charge >= 0.3 is 5.97 Å². The molecule has 3 nitrogen and oxygen atoms in total. The molecular formula is C13H16BrNO2. The molecule has 0 aliphatic rings. The first-order valence-electron chi connectivity index (χ1n) is 5.39. The van der Waals surface area contributed by atoms with Crippen molar-refractivity contribution in [1.29, 1.82) is 0 Å². The summed E-state index contributed by atoms with van der Waals surface area (Å²) >= 11 is 3.43. The summed E-state index contributed by atoms with van der Waals surface area (Å²) < 4.78 is 5.91. The van der Waals surface area contributed by atoms with E-state index in [1.165, 1.54) is 0 Å². The molecule has 17 heavy (non-hydrogen) atoms. The normalized spacial score (nSPS) is 9.82. The second-order valence-electron chi connectivity index (χ2n) is 3.64. The average molecular weight is 298 g/mol. The summed E-state index contributed by atoms with van der Waals surface area (Å²) in [6.45, 7) is 8.22. The third-order valence-corrected chi connectivity index (χ3v) is 3.12. The molecule has 0 bridgehead atoms. The Morgan fingerprint density at radius 2 is 2.24 bits per heavy atom. The molecule has 0 heterocycles. The lowest BCUT2D eigenvalue weighted by Crippen LogP contribution is -2.14. The van der Waals surface area contributed by atoms with Crippen LogP contribution in [0.1, 0.15) is 12.5 Å². The van der Waals surface area contributed by atoms with Gasteiger partial charge in [-0.15, -0.1) is 0 Å². The summed E-state index contributed by atoms with van der Waals surface area (Å²) in [5, 5.41) is 3.13. The molecule has 0 unspecified atom stereocenters. The number of halogens is 1. The van der Waals surface area contributed by atoms with Gasteiger partial charge in [-0.25, -0.2) is 4.79 Å². The standard InChI is InChI=1S/C13H16BrNO2/c1-4-17-13(16)10(3)8-15-11-5-6-12(14)9(2)7-11/h5-7,15H,3-4,8H2,1-2H3. The molecule has 1 aromatic rings. The van der Waals surface area contributed by atoms with Crippen LogP contribution in [0.3, 0.4) is 0 Å². The zero-order valence-electron chi connectivity index (χ0n) is 10.0.